The van der Waals surface area contributed by atoms with Gasteiger partial charge in [0.25, 0.3) is 0 Å². The largest absolute Gasteiger partial charge is 0.240 e. The third-order valence-electron chi connectivity index (χ3n) is 2.80. The lowest BCUT2D eigenvalue weighted by molar-refractivity contribution is 0.682. The highest BCUT2D eigenvalue weighted by Crippen LogP contribution is 2.23. The molecular formula is C15H12N2S2. The van der Waals surface area contributed by atoms with Crippen molar-refractivity contribution in [3.8, 4) is 10.6 Å². The summed E-state index contributed by atoms with van der Waals surface area (Å²) in [4.78, 5) is 0. The molecule has 4 heteroatoms. The SMILES string of the molecule is S=c1sc(-c2ccccc2)nn1Cc1ccccc1. The van der Waals surface area contributed by atoms with Crippen molar-refractivity contribution in [2.24, 2.45) is 0 Å². The second-order valence-electron chi connectivity index (χ2n) is 4.18. The predicted octanol–water partition coefficient (Wildman–Crippen LogP) is 4.39. The zero-order valence-corrected chi connectivity index (χ0v) is 11.8. The maximum Gasteiger partial charge on any atom is 0.179 e. The second-order valence-corrected chi connectivity index (χ2v) is 5.81. The molecule has 19 heavy (non-hydrogen) atoms. The summed E-state index contributed by atoms with van der Waals surface area (Å²) in [5.74, 6) is 0. The monoisotopic (exact) mass is 284 g/mol. The standard InChI is InChI=1S/C15H12N2S2/c18-15-17(11-12-7-3-1-4-8-12)16-14(19-15)13-9-5-2-6-10-13/h1-10H,11H2. The molecule has 0 atom stereocenters. The van der Waals surface area contributed by atoms with Gasteiger partial charge in [0.15, 0.2) is 3.95 Å². The molecule has 0 aliphatic carbocycles. The van der Waals surface area contributed by atoms with Crippen LogP contribution >= 0.6 is 23.6 Å². The van der Waals surface area contributed by atoms with Crippen LogP contribution in [0, 0.1) is 3.95 Å². The molecule has 1 heterocycles. The average Bonchev–Trinajstić information content (AvgIpc) is 2.82. The van der Waals surface area contributed by atoms with Gasteiger partial charge in [-0.25, -0.2) is 4.68 Å². The van der Waals surface area contributed by atoms with Gasteiger partial charge in [-0.2, -0.15) is 5.10 Å². The number of aromatic nitrogens is 2. The molecule has 0 aliphatic heterocycles. The van der Waals surface area contributed by atoms with E-state index in [4.69, 9.17) is 12.2 Å². The first-order chi connectivity index (χ1) is 9.33. The molecule has 94 valence electrons. The van der Waals surface area contributed by atoms with Crippen LogP contribution in [-0.2, 0) is 6.54 Å². The van der Waals surface area contributed by atoms with Crippen molar-refractivity contribution in [1.82, 2.24) is 9.78 Å². The van der Waals surface area contributed by atoms with E-state index in [9.17, 15) is 0 Å². The summed E-state index contributed by atoms with van der Waals surface area (Å²) in [7, 11) is 0. The minimum absolute atomic E-state index is 0.725. The van der Waals surface area contributed by atoms with Crippen LogP contribution in [0.3, 0.4) is 0 Å². The Hall–Kier alpha value is -1.78. The Bertz CT molecular complexity index is 715. The van der Waals surface area contributed by atoms with Crippen LogP contribution in [0.25, 0.3) is 10.6 Å². The molecule has 0 radical (unpaired) electrons. The fourth-order valence-corrected chi connectivity index (χ4v) is 2.97. The summed E-state index contributed by atoms with van der Waals surface area (Å²) in [5.41, 5.74) is 2.33. The van der Waals surface area contributed by atoms with Crippen LogP contribution in [0.2, 0.25) is 0 Å². The topological polar surface area (TPSA) is 17.8 Å². The van der Waals surface area contributed by atoms with E-state index in [1.807, 2.05) is 41.1 Å². The zero-order chi connectivity index (χ0) is 13.1. The lowest BCUT2D eigenvalue weighted by Gasteiger charge is -2.00. The van der Waals surface area contributed by atoms with E-state index in [1.54, 1.807) is 11.3 Å². The molecular weight excluding hydrogens is 272 g/mol. The molecule has 0 aliphatic rings. The van der Waals surface area contributed by atoms with Crippen molar-refractivity contribution in [2.75, 3.05) is 0 Å². The first kappa shape index (κ1) is 12.3. The van der Waals surface area contributed by atoms with Gasteiger partial charge in [-0.05, 0) is 17.8 Å². The van der Waals surface area contributed by atoms with E-state index in [2.05, 4.69) is 29.4 Å². The highest BCUT2D eigenvalue weighted by atomic mass is 32.1. The maximum absolute atomic E-state index is 5.39. The van der Waals surface area contributed by atoms with Crippen LogP contribution in [0.4, 0.5) is 0 Å². The number of hydrogen-bond donors (Lipinski definition) is 0. The molecule has 0 fully saturated rings. The van der Waals surface area contributed by atoms with E-state index in [0.717, 1.165) is 21.1 Å². The lowest BCUT2D eigenvalue weighted by atomic mass is 10.2. The number of rotatable bonds is 3. The number of nitrogens with zero attached hydrogens (tertiary/aromatic N) is 2. The van der Waals surface area contributed by atoms with Gasteiger partial charge in [-0.3, -0.25) is 0 Å². The third kappa shape index (κ3) is 2.80. The van der Waals surface area contributed by atoms with Gasteiger partial charge in [0.2, 0.25) is 0 Å². The first-order valence-electron chi connectivity index (χ1n) is 6.00. The smallest absolute Gasteiger partial charge is 0.179 e. The second kappa shape index (κ2) is 5.47. The Labute approximate surface area is 121 Å². The van der Waals surface area contributed by atoms with E-state index in [0.29, 0.717) is 0 Å². The zero-order valence-electron chi connectivity index (χ0n) is 10.2. The molecule has 3 aromatic rings. The molecule has 3 rings (SSSR count). The summed E-state index contributed by atoms with van der Waals surface area (Å²) in [5, 5.41) is 5.58. The third-order valence-corrected chi connectivity index (χ3v) is 4.16. The Balaban J connectivity index is 1.93. The van der Waals surface area contributed by atoms with Gasteiger partial charge in [0, 0.05) is 5.56 Å². The average molecular weight is 284 g/mol. The van der Waals surface area contributed by atoms with Crippen molar-refractivity contribution in [1.29, 1.82) is 0 Å². The molecule has 0 spiro atoms. The van der Waals surface area contributed by atoms with E-state index >= 15 is 0 Å². The molecule has 0 amide bonds. The van der Waals surface area contributed by atoms with E-state index < -0.39 is 0 Å². The highest BCUT2D eigenvalue weighted by Gasteiger charge is 2.06. The van der Waals surface area contributed by atoms with E-state index in [1.165, 1.54) is 5.56 Å². The Kier molecular flexibility index (Phi) is 3.53. The predicted molar refractivity (Wildman–Crippen MR) is 81.9 cm³/mol. The molecule has 0 bridgehead atoms. The van der Waals surface area contributed by atoms with Crippen molar-refractivity contribution < 1.29 is 0 Å². The summed E-state index contributed by atoms with van der Waals surface area (Å²) >= 11 is 6.94. The fraction of sp³-hybridized carbons (Fsp3) is 0.0667. The molecule has 0 unspecified atom stereocenters. The molecule has 0 N–H and O–H groups in total. The van der Waals surface area contributed by atoms with Crippen LogP contribution in [-0.4, -0.2) is 9.78 Å². The van der Waals surface area contributed by atoms with Gasteiger partial charge in [-0.1, -0.05) is 72.0 Å². The molecule has 0 saturated carbocycles. The minimum atomic E-state index is 0.725. The molecule has 2 nitrogen and oxygen atoms in total. The summed E-state index contributed by atoms with van der Waals surface area (Å²) in [6.07, 6.45) is 0. The normalized spacial score (nSPS) is 10.5. The van der Waals surface area contributed by atoms with Gasteiger partial charge in [0.05, 0.1) is 6.54 Å². The number of benzene rings is 2. The summed E-state index contributed by atoms with van der Waals surface area (Å²) in [6.45, 7) is 0.725. The molecule has 2 aromatic carbocycles. The summed E-state index contributed by atoms with van der Waals surface area (Å²) < 4.78 is 2.69. The van der Waals surface area contributed by atoms with Gasteiger partial charge >= 0.3 is 0 Å². The molecule has 1 aromatic heterocycles. The van der Waals surface area contributed by atoms with Crippen LogP contribution in [0.15, 0.2) is 60.7 Å². The van der Waals surface area contributed by atoms with Crippen LogP contribution in [0.1, 0.15) is 5.56 Å². The Morgan fingerprint density at radius 2 is 1.58 bits per heavy atom. The van der Waals surface area contributed by atoms with Crippen LogP contribution < -0.4 is 0 Å². The quantitative estimate of drug-likeness (QED) is 0.664. The van der Waals surface area contributed by atoms with Crippen molar-refractivity contribution in [3.05, 3.63) is 70.2 Å². The van der Waals surface area contributed by atoms with Gasteiger partial charge in [-0.15, -0.1) is 0 Å². The number of hydrogen-bond acceptors (Lipinski definition) is 3. The van der Waals surface area contributed by atoms with Crippen LogP contribution in [0.5, 0.6) is 0 Å². The maximum atomic E-state index is 5.39. The van der Waals surface area contributed by atoms with Crippen molar-refractivity contribution in [2.45, 2.75) is 6.54 Å². The fourth-order valence-electron chi connectivity index (χ4n) is 1.86. The van der Waals surface area contributed by atoms with Crippen molar-refractivity contribution in [3.63, 3.8) is 0 Å². The lowest BCUT2D eigenvalue weighted by Crippen LogP contribution is -2.01. The highest BCUT2D eigenvalue weighted by molar-refractivity contribution is 7.73. The Morgan fingerprint density at radius 3 is 2.26 bits per heavy atom. The first-order valence-corrected chi connectivity index (χ1v) is 7.23. The summed E-state index contributed by atoms with van der Waals surface area (Å²) in [6, 6.07) is 20.4. The van der Waals surface area contributed by atoms with Gasteiger partial charge < -0.3 is 0 Å². The van der Waals surface area contributed by atoms with Gasteiger partial charge in [0.1, 0.15) is 5.01 Å². The minimum Gasteiger partial charge on any atom is -0.240 e. The van der Waals surface area contributed by atoms with Crippen molar-refractivity contribution >= 4 is 23.6 Å². The Morgan fingerprint density at radius 1 is 0.947 bits per heavy atom. The molecule has 0 saturated heterocycles. The van der Waals surface area contributed by atoms with E-state index in [-0.39, 0.29) is 0 Å².